The van der Waals surface area contributed by atoms with Crippen LogP contribution in [0, 0.1) is 6.92 Å². The first-order chi connectivity index (χ1) is 12.7. The van der Waals surface area contributed by atoms with Gasteiger partial charge in [-0.05, 0) is 37.3 Å². The van der Waals surface area contributed by atoms with E-state index in [2.05, 4.69) is 20.5 Å². The van der Waals surface area contributed by atoms with E-state index in [0.29, 0.717) is 11.2 Å². The van der Waals surface area contributed by atoms with E-state index in [1.807, 2.05) is 67.6 Å². The van der Waals surface area contributed by atoms with E-state index in [4.69, 9.17) is 0 Å². The number of H-pyrrole nitrogens is 1. The maximum Gasteiger partial charge on any atom is 0.257 e. The van der Waals surface area contributed by atoms with E-state index >= 15 is 0 Å². The summed E-state index contributed by atoms with van der Waals surface area (Å²) in [5.74, 6) is -0.193. The highest BCUT2D eigenvalue weighted by Gasteiger charge is 2.12. The van der Waals surface area contributed by atoms with Gasteiger partial charge < -0.3 is 5.32 Å². The van der Waals surface area contributed by atoms with E-state index in [-0.39, 0.29) is 5.91 Å². The predicted molar refractivity (Wildman–Crippen MR) is 104 cm³/mol. The van der Waals surface area contributed by atoms with Crippen molar-refractivity contribution in [2.45, 2.75) is 16.7 Å². The Hall–Kier alpha value is -3.12. The summed E-state index contributed by atoms with van der Waals surface area (Å²) in [6.45, 7) is 1.91. The van der Waals surface area contributed by atoms with Crippen LogP contribution in [0.5, 0.6) is 0 Å². The van der Waals surface area contributed by atoms with Crippen LogP contribution in [0.3, 0.4) is 0 Å². The molecule has 0 bridgehead atoms. The monoisotopic (exact) mass is 360 g/mol. The quantitative estimate of drug-likeness (QED) is 0.555. The number of benzene rings is 2. The van der Waals surface area contributed by atoms with Crippen molar-refractivity contribution in [3.8, 4) is 0 Å². The SMILES string of the molecule is Cc1[nH]nc2ncc(C(=O)Nc3ccccc3Sc3ccccc3)cc12. The molecule has 128 valence electrons. The minimum atomic E-state index is -0.193. The van der Waals surface area contributed by atoms with Crippen molar-refractivity contribution in [1.29, 1.82) is 0 Å². The Labute approximate surface area is 154 Å². The lowest BCUT2D eigenvalue weighted by molar-refractivity contribution is 0.102. The van der Waals surface area contributed by atoms with Crippen LogP contribution in [-0.4, -0.2) is 21.1 Å². The summed E-state index contributed by atoms with van der Waals surface area (Å²) < 4.78 is 0. The van der Waals surface area contributed by atoms with Crippen molar-refractivity contribution >= 4 is 34.4 Å². The lowest BCUT2D eigenvalue weighted by Gasteiger charge is -2.11. The Balaban J connectivity index is 1.60. The summed E-state index contributed by atoms with van der Waals surface area (Å²) in [6, 6.07) is 19.6. The Morgan fingerprint density at radius 3 is 2.69 bits per heavy atom. The van der Waals surface area contributed by atoms with E-state index < -0.39 is 0 Å². The fourth-order valence-corrected chi connectivity index (χ4v) is 3.54. The van der Waals surface area contributed by atoms with Crippen LogP contribution in [0.15, 0.2) is 76.7 Å². The number of nitrogens with one attached hydrogen (secondary N) is 2. The molecular weight excluding hydrogens is 344 g/mol. The molecule has 6 heteroatoms. The van der Waals surface area contributed by atoms with Crippen molar-refractivity contribution in [2.24, 2.45) is 0 Å². The van der Waals surface area contributed by atoms with Gasteiger partial charge in [-0.25, -0.2) is 4.98 Å². The number of pyridine rings is 1. The summed E-state index contributed by atoms with van der Waals surface area (Å²) in [4.78, 5) is 19.1. The second-order valence-electron chi connectivity index (χ2n) is 5.81. The number of carbonyl (C=O) groups is 1. The molecule has 0 saturated carbocycles. The second-order valence-corrected chi connectivity index (χ2v) is 6.92. The van der Waals surface area contributed by atoms with Crippen molar-refractivity contribution in [3.63, 3.8) is 0 Å². The van der Waals surface area contributed by atoms with Gasteiger partial charge in [-0.3, -0.25) is 9.89 Å². The smallest absolute Gasteiger partial charge is 0.257 e. The first-order valence-electron chi connectivity index (χ1n) is 8.15. The highest BCUT2D eigenvalue weighted by Crippen LogP contribution is 2.33. The number of hydrogen-bond donors (Lipinski definition) is 2. The van der Waals surface area contributed by atoms with E-state index in [1.165, 1.54) is 0 Å². The number of rotatable bonds is 4. The van der Waals surface area contributed by atoms with Crippen molar-refractivity contribution in [1.82, 2.24) is 15.2 Å². The number of fused-ring (bicyclic) bond motifs is 1. The third-order valence-electron chi connectivity index (χ3n) is 3.97. The van der Waals surface area contributed by atoms with E-state index in [9.17, 15) is 4.79 Å². The first-order valence-corrected chi connectivity index (χ1v) is 8.96. The van der Waals surface area contributed by atoms with Crippen molar-refractivity contribution in [2.75, 3.05) is 5.32 Å². The molecule has 0 atom stereocenters. The van der Waals surface area contributed by atoms with Gasteiger partial charge in [0.2, 0.25) is 0 Å². The minimum Gasteiger partial charge on any atom is -0.321 e. The summed E-state index contributed by atoms with van der Waals surface area (Å²) in [6.07, 6.45) is 1.55. The second kappa shape index (κ2) is 7.01. The third kappa shape index (κ3) is 3.32. The number of para-hydroxylation sites is 1. The Morgan fingerprint density at radius 2 is 1.85 bits per heavy atom. The van der Waals surface area contributed by atoms with Gasteiger partial charge in [0.25, 0.3) is 5.91 Å². The van der Waals surface area contributed by atoms with Gasteiger partial charge in [-0.2, -0.15) is 5.10 Å². The zero-order valence-corrected chi connectivity index (χ0v) is 14.9. The van der Waals surface area contributed by atoms with Crippen LogP contribution in [0.4, 0.5) is 5.69 Å². The molecule has 4 rings (SSSR count). The molecule has 5 nitrogen and oxygen atoms in total. The topological polar surface area (TPSA) is 70.7 Å². The number of aromatic nitrogens is 3. The van der Waals surface area contributed by atoms with Crippen LogP contribution < -0.4 is 5.32 Å². The standard InChI is InChI=1S/C20H16N4OS/c1-13-16-11-14(12-21-19(16)24-23-13)20(25)22-17-9-5-6-10-18(17)26-15-7-3-2-4-8-15/h2-12H,1H3,(H,22,25)(H,21,23,24). The number of aromatic amines is 1. The summed E-state index contributed by atoms with van der Waals surface area (Å²) in [7, 11) is 0. The lowest BCUT2D eigenvalue weighted by Crippen LogP contribution is -2.12. The van der Waals surface area contributed by atoms with Crippen LogP contribution >= 0.6 is 11.8 Å². The van der Waals surface area contributed by atoms with Crippen LogP contribution in [-0.2, 0) is 0 Å². The van der Waals surface area contributed by atoms with Crippen LogP contribution in [0.1, 0.15) is 16.1 Å². The fraction of sp³-hybridized carbons (Fsp3) is 0.0500. The number of hydrogen-bond acceptors (Lipinski definition) is 4. The molecule has 1 amide bonds. The largest absolute Gasteiger partial charge is 0.321 e. The first kappa shape index (κ1) is 16.4. The molecule has 0 aliphatic heterocycles. The molecule has 4 aromatic rings. The Morgan fingerprint density at radius 1 is 1.08 bits per heavy atom. The third-order valence-corrected chi connectivity index (χ3v) is 5.05. The Kier molecular flexibility index (Phi) is 4.41. The van der Waals surface area contributed by atoms with Crippen molar-refractivity contribution < 1.29 is 4.79 Å². The van der Waals surface area contributed by atoms with Gasteiger partial charge in [0.05, 0.1) is 11.3 Å². The summed E-state index contributed by atoms with van der Waals surface area (Å²) in [5.41, 5.74) is 2.78. The molecule has 2 N–H and O–H groups in total. The summed E-state index contributed by atoms with van der Waals surface area (Å²) >= 11 is 1.61. The molecule has 0 fully saturated rings. The van der Waals surface area contributed by atoms with Gasteiger partial charge in [0.15, 0.2) is 5.65 Å². The number of carbonyl (C=O) groups excluding carboxylic acids is 1. The molecule has 26 heavy (non-hydrogen) atoms. The molecule has 0 saturated heterocycles. The molecule has 0 aliphatic carbocycles. The van der Waals surface area contributed by atoms with Gasteiger partial charge in [0, 0.05) is 27.1 Å². The van der Waals surface area contributed by atoms with Crippen molar-refractivity contribution in [3.05, 3.63) is 78.1 Å². The lowest BCUT2D eigenvalue weighted by atomic mass is 10.2. The van der Waals surface area contributed by atoms with Gasteiger partial charge in [0.1, 0.15) is 0 Å². The highest BCUT2D eigenvalue weighted by atomic mass is 32.2. The predicted octanol–water partition coefficient (Wildman–Crippen LogP) is 4.67. The van der Waals surface area contributed by atoms with Gasteiger partial charge >= 0.3 is 0 Å². The number of aryl methyl sites for hydroxylation is 1. The molecular formula is C20H16N4OS. The van der Waals surface area contributed by atoms with Gasteiger partial charge in [-0.1, -0.05) is 42.1 Å². The van der Waals surface area contributed by atoms with E-state index in [1.54, 1.807) is 18.0 Å². The van der Waals surface area contributed by atoms with E-state index in [0.717, 1.165) is 26.6 Å². The molecule has 0 aliphatic rings. The summed E-state index contributed by atoms with van der Waals surface area (Å²) in [5, 5.41) is 10.8. The maximum absolute atomic E-state index is 12.7. The molecule has 2 aromatic carbocycles. The average molecular weight is 360 g/mol. The molecule has 2 heterocycles. The molecule has 2 aromatic heterocycles. The number of amides is 1. The molecule has 0 unspecified atom stereocenters. The average Bonchev–Trinajstić information content (AvgIpc) is 3.04. The zero-order chi connectivity index (χ0) is 17.9. The normalized spacial score (nSPS) is 10.8. The zero-order valence-electron chi connectivity index (χ0n) is 14.1. The van der Waals surface area contributed by atoms with Crippen LogP contribution in [0.2, 0.25) is 0 Å². The minimum absolute atomic E-state index is 0.193. The number of anilines is 1. The maximum atomic E-state index is 12.7. The van der Waals surface area contributed by atoms with Gasteiger partial charge in [-0.15, -0.1) is 0 Å². The number of nitrogens with zero attached hydrogens (tertiary/aromatic N) is 2. The Bertz CT molecular complexity index is 1080. The fourth-order valence-electron chi connectivity index (χ4n) is 2.61. The van der Waals surface area contributed by atoms with Crippen LogP contribution in [0.25, 0.3) is 11.0 Å². The highest BCUT2D eigenvalue weighted by molar-refractivity contribution is 7.99. The molecule has 0 radical (unpaired) electrons. The molecule has 0 spiro atoms.